The van der Waals surface area contributed by atoms with Crippen LogP contribution in [0.1, 0.15) is 20.8 Å². The monoisotopic (exact) mass is 360 g/mol. The number of carboxylic acid groups (broad SMARTS) is 1. The fourth-order valence-electron chi connectivity index (χ4n) is 2.01. The molecule has 0 aromatic heterocycles. The molecule has 1 heterocycles. The van der Waals surface area contributed by atoms with Crippen LogP contribution in [0.5, 0.6) is 0 Å². The van der Waals surface area contributed by atoms with E-state index in [1.165, 1.54) is 4.90 Å². The molecule has 0 unspecified atom stereocenters. The van der Waals surface area contributed by atoms with Crippen molar-refractivity contribution in [1.29, 1.82) is 0 Å². The van der Waals surface area contributed by atoms with Crippen LogP contribution >= 0.6 is 0 Å². The minimum Gasteiger partial charge on any atom is -0.479 e. The fourth-order valence-corrected chi connectivity index (χ4v) is 2.72. The minimum atomic E-state index is -1.52. The van der Waals surface area contributed by atoms with Gasteiger partial charge in [-0.3, -0.25) is 0 Å². The summed E-state index contributed by atoms with van der Waals surface area (Å²) in [6.45, 7) is 11.6. The summed E-state index contributed by atoms with van der Waals surface area (Å²) in [5.41, 5.74) is -2.19. The molecule has 0 radical (unpaired) electrons. The van der Waals surface area contributed by atoms with E-state index in [2.05, 4.69) is 25.0 Å². The highest BCUT2D eigenvalue weighted by Crippen LogP contribution is 2.24. The molecule has 0 atom stereocenters. The molecular weight excluding hydrogens is 332 g/mol. The lowest BCUT2D eigenvalue weighted by atomic mass is 9.90. The molecule has 1 aliphatic rings. The molecular formula is C15H28N2O6Si. The Balaban J connectivity index is 2.53. The van der Waals surface area contributed by atoms with Gasteiger partial charge < -0.3 is 24.8 Å². The van der Waals surface area contributed by atoms with Crippen LogP contribution in [-0.4, -0.2) is 67.1 Å². The lowest BCUT2D eigenvalue weighted by Gasteiger charge is -2.46. The van der Waals surface area contributed by atoms with Crippen molar-refractivity contribution in [3.05, 3.63) is 0 Å². The zero-order valence-electron chi connectivity index (χ0n) is 15.3. The Kier molecular flexibility index (Phi) is 5.91. The summed E-state index contributed by atoms with van der Waals surface area (Å²) in [5, 5.41) is 11.7. The summed E-state index contributed by atoms with van der Waals surface area (Å²) in [4.78, 5) is 36.4. The highest BCUT2D eigenvalue weighted by atomic mass is 28.3. The summed E-state index contributed by atoms with van der Waals surface area (Å²) < 4.78 is 10.2. The lowest BCUT2D eigenvalue weighted by Crippen LogP contribution is -2.75. The van der Waals surface area contributed by atoms with Crippen molar-refractivity contribution in [2.45, 2.75) is 57.6 Å². The van der Waals surface area contributed by atoms with E-state index in [9.17, 15) is 19.5 Å². The van der Waals surface area contributed by atoms with E-state index in [4.69, 9.17) is 9.47 Å². The zero-order chi connectivity index (χ0) is 18.8. The van der Waals surface area contributed by atoms with Crippen LogP contribution in [0.3, 0.4) is 0 Å². The zero-order valence-corrected chi connectivity index (χ0v) is 16.3. The second-order valence-electron chi connectivity index (χ2n) is 8.30. The maximum Gasteiger partial charge on any atom is 0.410 e. The quantitative estimate of drug-likeness (QED) is 0.728. The number of carboxylic acids is 1. The molecule has 0 bridgehead atoms. The number of aliphatic carboxylic acids is 1. The normalized spacial score (nSPS) is 16.8. The predicted molar refractivity (Wildman–Crippen MR) is 90.8 cm³/mol. The number of likely N-dealkylation sites (tertiary alicyclic amines) is 1. The molecule has 0 aromatic carbocycles. The average molecular weight is 360 g/mol. The number of carbonyl (C=O) groups excluding carboxylic acids is 2. The van der Waals surface area contributed by atoms with E-state index in [0.29, 0.717) is 0 Å². The van der Waals surface area contributed by atoms with Gasteiger partial charge in [0, 0.05) is 8.07 Å². The molecule has 1 aliphatic heterocycles. The van der Waals surface area contributed by atoms with E-state index in [1.807, 2.05) is 0 Å². The molecule has 8 nitrogen and oxygen atoms in total. The Morgan fingerprint density at radius 1 is 1.21 bits per heavy atom. The van der Waals surface area contributed by atoms with E-state index in [0.717, 1.165) is 6.04 Å². The number of rotatable bonds is 5. The number of carbonyl (C=O) groups is 3. The van der Waals surface area contributed by atoms with Gasteiger partial charge in [0.05, 0.1) is 19.7 Å². The molecule has 2 amide bonds. The summed E-state index contributed by atoms with van der Waals surface area (Å²) in [5.74, 6) is -1.20. The van der Waals surface area contributed by atoms with E-state index in [1.54, 1.807) is 20.8 Å². The van der Waals surface area contributed by atoms with Crippen molar-refractivity contribution < 1.29 is 29.0 Å². The van der Waals surface area contributed by atoms with Gasteiger partial charge in [0.15, 0.2) is 5.54 Å². The van der Waals surface area contributed by atoms with Crippen LogP contribution in [0, 0.1) is 0 Å². The second kappa shape index (κ2) is 7.00. The number of nitrogens with zero attached hydrogens (tertiary/aromatic N) is 1. The predicted octanol–water partition coefficient (Wildman–Crippen LogP) is 2.12. The molecule has 0 aliphatic carbocycles. The van der Waals surface area contributed by atoms with Gasteiger partial charge in [0.25, 0.3) is 0 Å². The highest BCUT2D eigenvalue weighted by molar-refractivity contribution is 6.76. The van der Waals surface area contributed by atoms with Crippen molar-refractivity contribution in [3.63, 3.8) is 0 Å². The van der Waals surface area contributed by atoms with Crippen molar-refractivity contribution >= 4 is 26.2 Å². The molecule has 1 fully saturated rings. The maximum atomic E-state index is 11.9. The summed E-state index contributed by atoms with van der Waals surface area (Å²) in [7, 11) is -1.34. The fraction of sp³-hybridized carbons (Fsp3) is 0.800. The van der Waals surface area contributed by atoms with E-state index < -0.39 is 37.4 Å². The van der Waals surface area contributed by atoms with Gasteiger partial charge in [-0.15, -0.1) is 0 Å². The molecule has 1 rings (SSSR count). The molecule has 9 heteroatoms. The Morgan fingerprint density at radius 2 is 1.75 bits per heavy atom. The van der Waals surface area contributed by atoms with Gasteiger partial charge in [-0.1, -0.05) is 19.6 Å². The molecule has 138 valence electrons. The molecule has 0 spiro atoms. The summed E-state index contributed by atoms with van der Waals surface area (Å²) in [6, 6.07) is 0.796. The Bertz CT molecular complexity index is 503. The largest absolute Gasteiger partial charge is 0.479 e. The number of nitrogens with one attached hydrogen (secondary N) is 1. The first-order valence-corrected chi connectivity index (χ1v) is 11.6. The summed E-state index contributed by atoms with van der Waals surface area (Å²) in [6.07, 6.45) is -1.38. The molecule has 0 saturated carbocycles. The smallest absolute Gasteiger partial charge is 0.410 e. The molecule has 2 N–H and O–H groups in total. The van der Waals surface area contributed by atoms with Crippen molar-refractivity contribution in [1.82, 2.24) is 10.2 Å². The molecule has 0 aromatic rings. The van der Waals surface area contributed by atoms with Crippen LogP contribution < -0.4 is 5.32 Å². The lowest BCUT2D eigenvalue weighted by molar-refractivity contribution is -0.151. The minimum absolute atomic E-state index is 0.152. The number of hydrogen-bond donors (Lipinski definition) is 2. The van der Waals surface area contributed by atoms with Crippen molar-refractivity contribution in [3.8, 4) is 0 Å². The Morgan fingerprint density at radius 3 is 2.17 bits per heavy atom. The summed E-state index contributed by atoms with van der Waals surface area (Å²) >= 11 is 0. The van der Waals surface area contributed by atoms with Crippen LogP contribution in [0.15, 0.2) is 0 Å². The number of amides is 2. The van der Waals surface area contributed by atoms with Gasteiger partial charge in [-0.2, -0.15) is 0 Å². The van der Waals surface area contributed by atoms with Crippen LogP contribution in [-0.2, 0) is 14.3 Å². The topological polar surface area (TPSA) is 105 Å². The number of alkyl carbamates (subject to hydrolysis) is 1. The van der Waals surface area contributed by atoms with Crippen molar-refractivity contribution in [2.75, 3.05) is 19.7 Å². The first-order chi connectivity index (χ1) is 10.7. The number of hydrogen-bond acceptors (Lipinski definition) is 5. The highest BCUT2D eigenvalue weighted by Gasteiger charge is 2.54. The first kappa shape index (κ1) is 20.3. The van der Waals surface area contributed by atoms with E-state index >= 15 is 0 Å². The van der Waals surface area contributed by atoms with Gasteiger partial charge in [-0.25, -0.2) is 14.4 Å². The van der Waals surface area contributed by atoms with E-state index in [-0.39, 0.29) is 19.7 Å². The Hall–Kier alpha value is -1.77. The molecule has 24 heavy (non-hydrogen) atoms. The van der Waals surface area contributed by atoms with Crippen molar-refractivity contribution in [2.24, 2.45) is 0 Å². The SMILES string of the molecule is CC(C)(C)OC(=O)N1CC(NC(=O)OCC[Si](C)(C)C)(C(=O)O)C1. The third-order valence-electron chi connectivity index (χ3n) is 3.41. The number of ether oxygens (including phenoxy) is 2. The van der Waals surface area contributed by atoms with Crippen LogP contribution in [0.25, 0.3) is 0 Å². The standard InChI is InChI=1S/C15H28N2O6Si/c1-14(2,3)23-13(21)17-9-15(10-17,11(18)19)16-12(20)22-7-8-24(4,5)6/h7-10H2,1-6H3,(H,16,20)(H,18,19). The van der Waals surface area contributed by atoms with Gasteiger partial charge in [-0.05, 0) is 26.8 Å². The average Bonchev–Trinajstić information content (AvgIpc) is 2.28. The third kappa shape index (κ3) is 6.03. The van der Waals surface area contributed by atoms with Gasteiger partial charge in [0.2, 0.25) is 0 Å². The van der Waals surface area contributed by atoms with Crippen LogP contribution in [0.4, 0.5) is 9.59 Å². The van der Waals surface area contributed by atoms with Crippen LogP contribution in [0.2, 0.25) is 25.7 Å². The maximum absolute atomic E-state index is 11.9. The molecule has 1 saturated heterocycles. The van der Waals surface area contributed by atoms with Gasteiger partial charge in [0.1, 0.15) is 5.60 Å². The second-order valence-corrected chi connectivity index (χ2v) is 13.9. The third-order valence-corrected chi connectivity index (χ3v) is 5.11. The van der Waals surface area contributed by atoms with Gasteiger partial charge >= 0.3 is 18.2 Å². The Labute approximate surface area is 143 Å². The first-order valence-electron chi connectivity index (χ1n) is 7.90.